The summed E-state index contributed by atoms with van der Waals surface area (Å²) in [6.45, 7) is 6.26. The van der Waals surface area contributed by atoms with Crippen LogP contribution in [0.2, 0.25) is 0 Å². The number of nitrogens with two attached hydrogens (primary N) is 1. The van der Waals surface area contributed by atoms with Crippen molar-refractivity contribution in [1.29, 1.82) is 0 Å². The highest BCUT2D eigenvalue weighted by atomic mass is 16.3. The number of aliphatic hydroxyl groups is 1. The van der Waals surface area contributed by atoms with Gasteiger partial charge in [-0.1, -0.05) is 19.1 Å². The van der Waals surface area contributed by atoms with E-state index in [1.807, 2.05) is 20.8 Å². The molecule has 3 N–H and O–H groups in total. The van der Waals surface area contributed by atoms with Crippen LogP contribution < -0.4 is 5.73 Å². The van der Waals surface area contributed by atoms with Crippen molar-refractivity contribution < 1.29 is 5.11 Å². The zero-order chi connectivity index (χ0) is 11.5. The van der Waals surface area contributed by atoms with E-state index in [0.29, 0.717) is 19.4 Å². The van der Waals surface area contributed by atoms with Gasteiger partial charge in [0.25, 0.3) is 0 Å². The second kappa shape index (κ2) is 4.72. The van der Waals surface area contributed by atoms with E-state index in [-0.39, 0.29) is 6.04 Å². The van der Waals surface area contributed by atoms with Crippen LogP contribution in [0.4, 0.5) is 0 Å². The largest absolute Gasteiger partial charge is 0.388 e. The molecule has 0 amide bonds. The maximum Gasteiger partial charge on any atom is 0.0991 e. The molecular formula is C10H20N4O. The lowest BCUT2D eigenvalue weighted by Crippen LogP contribution is -2.32. The summed E-state index contributed by atoms with van der Waals surface area (Å²) in [5, 5.41) is 18.0. The van der Waals surface area contributed by atoms with E-state index in [1.54, 1.807) is 10.9 Å². The van der Waals surface area contributed by atoms with Gasteiger partial charge in [-0.3, -0.25) is 0 Å². The zero-order valence-electron chi connectivity index (χ0n) is 9.64. The Balaban J connectivity index is 2.72. The van der Waals surface area contributed by atoms with Crippen LogP contribution in [0.25, 0.3) is 0 Å². The van der Waals surface area contributed by atoms with Crippen molar-refractivity contribution in [1.82, 2.24) is 15.0 Å². The smallest absolute Gasteiger partial charge is 0.0991 e. The topological polar surface area (TPSA) is 77.0 Å². The molecule has 1 atom stereocenters. The van der Waals surface area contributed by atoms with Crippen LogP contribution in [-0.2, 0) is 6.54 Å². The van der Waals surface area contributed by atoms with Crippen molar-refractivity contribution in [3.8, 4) is 0 Å². The first-order valence-corrected chi connectivity index (χ1v) is 5.38. The Morgan fingerprint density at radius 1 is 1.53 bits per heavy atom. The van der Waals surface area contributed by atoms with Gasteiger partial charge in [0.05, 0.1) is 24.0 Å². The van der Waals surface area contributed by atoms with Crippen molar-refractivity contribution in [3.63, 3.8) is 0 Å². The van der Waals surface area contributed by atoms with Gasteiger partial charge in [0, 0.05) is 6.04 Å². The summed E-state index contributed by atoms with van der Waals surface area (Å²) in [6, 6.07) is -0.116. The fourth-order valence-electron chi connectivity index (χ4n) is 1.37. The molecule has 0 aliphatic heterocycles. The van der Waals surface area contributed by atoms with Gasteiger partial charge in [-0.25, -0.2) is 4.68 Å². The number of rotatable bonds is 5. The molecule has 0 fully saturated rings. The fourth-order valence-corrected chi connectivity index (χ4v) is 1.37. The van der Waals surface area contributed by atoms with Crippen LogP contribution in [-0.4, -0.2) is 25.7 Å². The molecule has 86 valence electrons. The molecule has 1 rings (SSSR count). The summed E-state index contributed by atoms with van der Waals surface area (Å²) >= 11 is 0. The summed E-state index contributed by atoms with van der Waals surface area (Å²) in [5.41, 5.74) is 5.74. The molecule has 0 bridgehead atoms. The Labute approximate surface area is 90.3 Å². The van der Waals surface area contributed by atoms with Gasteiger partial charge >= 0.3 is 0 Å². The molecule has 5 heteroatoms. The quantitative estimate of drug-likeness (QED) is 0.758. The van der Waals surface area contributed by atoms with E-state index in [0.717, 1.165) is 5.69 Å². The average molecular weight is 212 g/mol. The van der Waals surface area contributed by atoms with Gasteiger partial charge in [-0.2, -0.15) is 0 Å². The second-order valence-corrected chi connectivity index (χ2v) is 4.06. The average Bonchev–Trinajstić information content (AvgIpc) is 2.66. The first-order chi connectivity index (χ1) is 7.00. The summed E-state index contributed by atoms with van der Waals surface area (Å²) in [5.74, 6) is 0. The van der Waals surface area contributed by atoms with Crippen LogP contribution in [0.1, 0.15) is 45.3 Å². The minimum atomic E-state index is -0.692. The Kier molecular flexibility index (Phi) is 3.82. The molecule has 0 radical (unpaired) electrons. The molecule has 1 aromatic heterocycles. The van der Waals surface area contributed by atoms with Gasteiger partial charge in [-0.15, -0.1) is 5.10 Å². The highest BCUT2D eigenvalue weighted by Crippen LogP contribution is 2.17. The van der Waals surface area contributed by atoms with Crippen LogP contribution >= 0.6 is 0 Å². The molecule has 0 saturated heterocycles. The maximum absolute atomic E-state index is 10.1. The van der Waals surface area contributed by atoms with Crippen molar-refractivity contribution in [2.45, 2.75) is 51.8 Å². The number of hydrogen-bond acceptors (Lipinski definition) is 4. The Morgan fingerprint density at radius 2 is 2.13 bits per heavy atom. The second-order valence-electron chi connectivity index (χ2n) is 4.06. The van der Waals surface area contributed by atoms with Crippen molar-refractivity contribution >= 4 is 0 Å². The van der Waals surface area contributed by atoms with Crippen molar-refractivity contribution in [2.24, 2.45) is 5.73 Å². The predicted molar refractivity (Wildman–Crippen MR) is 58.2 cm³/mol. The van der Waals surface area contributed by atoms with Crippen molar-refractivity contribution in [2.75, 3.05) is 0 Å². The van der Waals surface area contributed by atoms with Crippen LogP contribution in [0.5, 0.6) is 0 Å². The molecule has 0 spiro atoms. The Morgan fingerprint density at radius 3 is 2.53 bits per heavy atom. The summed E-state index contributed by atoms with van der Waals surface area (Å²) < 4.78 is 1.66. The third kappa shape index (κ3) is 3.00. The molecule has 0 aliphatic rings. The van der Waals surface area contributed by atoms with Gasteiger partial charge in [0.2, 0.25) is 0 Å². The van der Waals surface area contributed by atoms with Crippen LogP contribution in [0.15, 0.2) is 6.20 Å². The Hall–Kier alpha value is -0.940. The van der Waals surface area contributed by atoms with Crippen LogP contribution in [0, 0.1) is 0 Å². The highest BCUT2D eigenvalue weighted by Gasteiger charge is 2.23. The van der Waals surface area contributed by atoms with E-state index >= 15 is 0 Å². The van der Waals surface area contributed by atoms with Gasteiger partial charge in [0.15, 0.2) is 0 Å². The lowest BCUT2D eigenvalue weighted by atomic mass is 9.98. The summed E-state index contributed by atoms with van der Waals surface area (Å²) in [4.78, 5) is 0. The zero-order valence-corrected chi connectivity index (χ0v) is 9.64. The lowest BCUT2D eigenvalue weighted by Gasteiger charge is -2.24. The van der Waals surface area contributed by atoms with Crippen molar-refractivity contribution in [3.05, 3.63) is 11.9 Å². The molecule has 1 unspecified atom stereocenters. The monoisotopic (exact) mass is 212 g/mol. The standard InChI is InChI=1S/C10H20N4O/c1-4-10(15,5-2)7-14-6-9(8(3)11)12-13-14/h6,8,15H,4-5,7,11H2,1-3H3. The molecule has 15 heavy (non-hydrogen) atoms. The number of aromatic nitrogens is 3. The van der Waals surface area contributed by atoms with E-state index in [1.165, 1.54) is 0 Å². The molecular weight excluding hydrogens is 192 g/mol. The number of hydrogen-bond donors (Lipinski definition) is 2. The predicted octanol–water partition coefficient (Wildman–Crippen LogP) is 0.849. The van der Waals surface area contributed by atoms with E-state index in [4.69, 9.17) is 5.73 Å². The van der Waals surface area contributed by atoms with E-state index < -0.39 is 5.60 Å². The van der Waals surface area contributed by atoms with Gasteiger partial charge in [-0.05, 0) is 19.8 Å². The minimum Gasteiger partial charge on any atom is -0.388 e. The number of nitrogens with zero attached hydrogens (tertiary/aromatic N) is 3. The molecule has 1 heterocycles. The van der Waals surface area contributed by atoms with Gasteiger partial charge < -0.3 is 10.8 Å². The molecule has 1 aromatic rings. The lowest BCUT2D eigenvalue weighted by molar-refractivity contribution is 0.0114. The van der Waals surface area contributed by atoms with Gasteiger partial charge in [0.1, 0.15) is 0 Å². The first kappa shape index (κ1) is 12.1. The SMILES string of the molecule is CCC(O)(CC)Cn1cc(C(C)N)nn1. The first-order valence-electron chi connectivity index (χ1n) is 5.38. The normalized spacial score (nSPS) is 14.2. The minimum absolute atomic E-state index is 0.116. The third-order valence-electron chi connectivity index (χ3n) is 2.80. The Bertz CT molecular complexity index is 304. The van der Waals surface area contributed by atoms with Crippen LogP contribution in [0.3, 0.4) is 0 Å². The van der Waals surface area contributed by atoms with E-state index in [2.05, 4.69) is 10.3 Å². The molecule has 0 saturated carbocycles. The maximum atomic E-state index is 10.1. The molecule has 0 aromatic carbocycles. The molecule has 0 aliphatic carbocycles. The fraction of sp³-hybridized carbons (Fsp3) is 0.800. The highest BCUT2D eigenvalue weighted by molar-refractivity contribution is 4.98. The summed E-state index contributed by atoms with van der Waals surface area (Å²) in [7, 11) is 0. The third-order valence-corrected chi connectivity index (χ3v) is 2.80. The van der Waals surface area contributed by atoms with E-state index in [9.17, 15) is 5.11 Å². The summed E-state index contributed by atoms with van der Waals surface area (Å²) in [6.07, 6.45) is 3.20. The molecule has 5 nitrogen and oxygen atoms in total.